The summed E-state index contributed by atoms with van der Waals surface area (Å²) in [6, 6.07) is 11.2. The number of rotatable bonds is 6. The number of imidazole rings is 2. The Bertz CT molecular complexity index is 2210. The van der Waals surface area contributed by atoms with Gasteiger partial charge in [-0.25, -0.2) is 24.4 Å². The summed E-state index contributed by atoms with van der Waals surface area (Å²) in [6.45, 7) is 14.4. The summed E-state index contributed by atoms with van der Waals surface area (Å²) in [5, 5.41) is 0. The Kier molecular flexibility index (Phi) is 13.7. The van der Waals surface area contributed by atoms with Crippen LogP contribution < -0.4 is 14.7 Å². The highest BCUT2D eigenvalue weighted by molar-refractivity contribution is 6.00. The number of carbonyl (C=O) groups is 4. The van der Waals surface area contributed by atoms with Crippen LogP contribution in [0.5, 0.6) is 0 Å². The zero-order chi connectivity index (χ0) is 43.1. The van der Waals surface area contributed by atoms with Crippen LogP contribution in [-0.4, -0.2) is 88.8 Å². The van der Waals surface area contributed by atoms with Gasteiger partial charge in [-0.1, -0.05) is 6.07 Å². The van der Waals surface area contributed by atoms with Crippen molar-refractivity contribution in [2.45, 2.75) is 78.9 Å². The molecule has 2 aliphatic heterocycles. The monoisotopic (exact) mass is 809 g/mol. The molecule has 0 aliphatic carbocycles. The number of esters is 1. The summed E-state index contributed by atoms with van der Waals surface area (Å²) in [6.07, 6.45) is 11.3. The molecule has 0 unspecified atom stereocenters. The van der Waals surface area contributed by atoms with E-state index in [0.717, 1.165) is 50.6 Å². The molecule has 4 heterocycles. The van der Waals surface area contributed by atoms with E-state index in [0.29, 0.717) is 38.2 Å². The molecule has 0 radical (unpaired) electrons. The first-order valence-corrected chi connectivity index (χ1v) is 19.5. The van der Waals surface area contributed by atoms with Gasteiger partial charge < -0.3 is 28.5 Å². The maximum atomic E-state index is 12.8. The molecule has 0 fully saturated rings. The van der Waals surface area contributed by atoms with Gasteiger partial charge in [-0.3, -0.25) is 19.5 Å². The molecular weight excluding hydrogens is 755 g/mol. The number of amides is 3. The first-order chi connectivity index (χ1) is 27.9. The second-order valence-corrected chi connectivity index (χ2v) is 16.1. The highest BCUT2D eigenvalue weighted by Crippen LogP contribution is 2.40. The van der Waals surface area contributed by atoms with E-state index in [4.69, 9.17) is 18.9 Å². The zero-order valence-electron chi connectivity index (χ0n) is 35.6. The molecule has 0 spiro atoms. The fourth-order valence-corrected chi connectivity index (χ4v) is 6.64. The fraction of sp³-hybridized carbons (Fsp3) is 0.409. The number of anilines is 3. The highest BCUT2D eigenvalue weighted by Gasteiger charge is 2.31. The lowest BCUT2D eigenvalue weighted by molar-refractivity contribution is -0.139. The molecule has 59 heavy (non-hydrogen) atoms. The number of methoxy groups -OCH3 is 2. The molecule has 314 valence electrons. The Balaban J connectivity index is 0.000000224. The number of hydrogen-bond acceptors (Lipinski definition) is 10. The number of ether oxygens (including phenoxy) is 4. The molecule has 15 heteroatoms. The molecule has 0 saturated carbocycles. The van der Waals surface area contributed by atoms with Gasteiger partial charge in [0.05, 0.1) is 62.3 Å². The molecular formula is C44H55N7O8. The molecule has 2 aromatic heterocycles. The normalized spacial score (nSPS) is 15.1. The van der Waals surface area contributed by atoms with E-state index >= 15 is 0 Å². The van der Waals surface area contributed by atoms with E-state index in [1.807, 2.05) is 115 Å². The number of carbonyl (C=O) groups excluding carboxylic acids is 4. The molecule has 0 bridgehead atoms. The number of nitrogens with zero attached hydrogens (tertiary/aromatic N) is 6. The topological polar surface area (TPSA) is 161 Å². The summed E-state index contributed by atoms with van der Waals surface area (Å²) in [5.41, 5.74) is 7.44. The van der Waals surface area contributed by atoms with Crippen molar-refractivity contribution in [3.63, 3.8) is 0 Å². The van der Waals surface area contributed by atoms with Gasteiger partial charge in [0.2, 0.25) is 0 Å². The van der Waals surface area contributed by atoms with E-state index in [2.05, 4.69) is 15.0 Å². The first kappa shape index (κ1) is 43.7. The van der Waals surface area contributed by atoms with Crippen molar-refractivity contribution in [1.82, 2.24) is 19.5 Å². The van der Waals surface area contributed by atoms with Gasteiger partial charge in [0, 0.05) is 49.7 Å². The predicted molar refractivity (Wildman–Crippen MR) is 228 cm³/mol. The van der Waals surface area contributed by atoms with E-state index in [1.54, 1.807) is 33.6 Å². The van der Waals surface area contributed by atoms with E-state index < -0.39 is 23.4 Å². The van der Waals surface area contributed by atoms with Gasteiger partial charge >= 0.3 is 24.2 Å². The van der Waals surface area contributed by atoms with E-state index in [1.165, 1.54) is 14.2 Å². The minimum absolute atomic E-state index is 0.174. The van der Waals surface area contributed by atoms with Gasteiger partial charge in [0.25, 0.3) is 0 Å². The molecule has 0 saturated heterocycles. The third-order valence-corrected chi connectivity index (χ3v) is 9.25. The number of aromatic nitrogens is 4. The zero-order valence-corrected chi connectivity index (χ0v) is 35.6. The summed E-state index contributed by atoms with van der Waals surface area (Å²) in [7, 11) is 4.65. The molecule has 6 rings (SSSR count). The van der Waals surface area contributed by atoms with Crippen LogP contribution in [0.4, 0.5) is 31.4 Å². The minimum atomic E-state index is -0.590. The molecule has 3 amide bonds. The standard InChI is InChI=1S/C22H28N4O4.C22H27N3O4/c1-6-25(20(27)29-5)17-7-8-19-18(12-17)15(11-16-13-23-14-24-16)9-10-26(19)21(28)30-22(2,3)4;1-22(2,3)29-21(27)25-9-8-16(12-17-13-24(4)14-23-17)18-10-15(6-7-19(18)25)11-20(26)28-5/h7-8,11-14H,6,9-10H2,1-5H3,(H,23,24);6-7,10,12-14H,8-9,11H2,1-5H3/b15-11+;16-12+. The molecule has 15 nitrogen and oxygen atoms in total. The average molecular weight is 810 g/mol. The van der Waals surface area contributed by atoms with Gasteiger partial charge in [0.1, 0.15) is 11.2 Å². The van der Waals surface area contributed by atoms with Crippen LogP contribution >= 0.6 is 0 Å². The van der Waals surface area contributed by atoms with Gasteiger partial charge in [-0.2, -0.15) is 0 Å². The van der Waals surface area contributed by atoms with Crippen LogP contribution in [0.25, 0.3) is 23.3 Å². The number of nitrogens with one attached hydrogen (secondary N) is 1. The van der Waals surface area contributed by atoms with Crippen LogP contribution in [0.3, 0.4) is 0 Å². The van der Waals surface area contributed by atoms with Gasteiger partial charge in [-0.05, 0) is 121 Å². The maximum absolute atomic E-state index is 12.8. The fourth-order valence-electron chi connectivity index (χ4n) is 6.64. The third kappa shape index (κ3) is 11.4. The SMILES string of the molecule is CCN(C(=O)OC)c1ccc2c(c1)/C(=C/c1cnc[nH]1)CCN2C(=O)OC(C)(C)C.COC(=O)Cc1ccc2c(c1)/C(=C/c1cn(C)cn1)CCN2C(=O)OC(C)(C)C. The van der Waals surface area contributed by atoms with Crippen LogP contribution in [0.1, 0.15) is 89.4 Å². The Hall–Kier alpha value is -6.38. The molecule has 1 N–H and O–H groups in total. The number of H-pyrrole nitrogens is 1. The lowest BCUT2D eigenvalue weighted by Gasteiger charge is -2.33. The lowest BCUT2D eigenvalue weighted by atomic mass is 9.92. The third-order valence-electron chi connectivity index (χ3n) is 9.25. The molecule has 2 aliphatic rings. The van der Waals surface area contributed by atoms with Crippen molar-refractivity contribution in [3.8, 4) is 0 Å². The maximum Gasteiger partial charge on any atom is 0.414 e. The first-order valence-electron chi connectivity index (χ1n) is 19.5. The van der Waals surface area contributed by atoms with Crippen molar-refractivity contribution < 1.29 is 38.1 Å². The molecule has 2 aromatic carbocycles. The Morgan fingerprint density at radius 3 is 1.93 bits per heavy atom. The van der Waals surface area contributed by atoms with Gasteiger partial charge in [0.15, 0.2) is 0 Å². The van der Waals surface area contributed by atoms with Crippen LogP contribution in [0.2, 0.25) is 0 Å². The molecule has 0 atom stereocenters. The predicted octanol–water partition coefficient (Wildman–Crippen LogP) is 8.51. The Morgan fingerprint density at radius 2 is 1.42 bits per heavy atom. The number of aryl methyl sites for hydroxylation is 1. The van der Waals surface area contributed by atoms with Crippen molar-refractivity contribution in [2.24, 2.45) is 7.05 Å². The Labute approximate surface area is 345 Å². The van der Waals surface area contributed by atoms with Crippen LogP contribution in [0.15, 0.2) is 61.4 Å². The highest BCUT2D eigenvalue weighted by atomic mass is 16.6. The van der Waals surface area contributed by atoms with E-state index in [9.17, 15) is 19.2 Å². The summed E-state index contributed by atoms with van der Waals surface area (Å²) >= 11 is 0. The van der Waals surface area contributed by atoms with E-state index in [-0.39, 0.29) is 18.5 Å². The second-order valence-electron chi connectivity index (χ2n) is 16.1. The lowest BCUT2D eigenvalue weighted by Crippen LogP contribution is -2.39. The Morgan fingerprint density at radius 1 is 0.831 bits per heavy atom. The summed E-state index contributed by atoms with van der Waals surface area (Å²) in [5.74, 6) is -0.306. The number of benzene rings is 2. The largest absolute Gasteiger partial charge is 0.469 e. The van der Waals surface area contributed by atoms with Crippen molar-refractivity contribution in [1.29, 1.82) is 0 Å². The van der Waals surface area contributed by atoms with Crippen LogP contribution in [-0.2, 0) is 37.2 Å². The number of aromatic amines is 1. The number of fused-ring (bicyclic) bond motifs is 2. The summed E-state index contributed by atoms with van der Waals surface area (Å²) in [4.78, 5) is 65.8. The molecule has 4 aromatic rings. The minimum Gasteiger partial charge on any atom is -0.469 e. The smallest absolute Gasteiger partial charge is 0.414 e. The summed E-state index contributed by atoms with van der Waals surface area (Å²) < 4.78 is 22.8. The van der Waals surface area contributed by atoms with Crippen molar-refractivity contribution >= 4 is 64.6 Å². The van der Waals surface area contributed by atoms with Crippen molar-refractivity contribution in [3.05, 3.63) is 89.5 Å². The van der Waals surface area contributed by atoms with Gasteiger partial charge in [-0.15, -0.1) is 0 Å². The average Bonchev–Trinajstić information content (AvgIpc) is 3.85. The van der Waals surface area contributed by atoms with Crippen LogP contribution in [0, 0.1) is 0 Å². The second kappa shape index (κ2) is 18.5. The van der Waals surface area contributed by atoms with Crippen molar-refractivity contribution in [2.75, 3.05) is 48.6 Å². The quantitative estimate of drug-likeness (QED) is 0.148. The number of hydrogen-bond donors (Lipinski definition) is 1.